The molecule has 2 N–H and O–H groups in total. The van der Waals surface area contributed by atoms with Crippen molar-refractivity contribution in [3.05, 3.63) is 42.5 Å². The second-order valence-corrected chi connectivity index (χ2v) is 2.50. The van der Waals surface area contributed by atoms with Crippen LogP contribution in [0.5, 0.6) is 5.75 Å². The van der Waals surface area contributed by atoms with Crippen LogP contribution >= 0.6 is 0 Å². The minimum Gasteiger partial charge on any atom is -0.458 e. The lowest BCUT2D eigenvalue weighted by Crippen LogP contribution is -2.10. The molecular weight excluding hydrogens is 182 g/mol. The van der Waals surface area contributed by atoms with E-state index >= 15 is 0 Å². The molecule has 1 aromatic carbocycles. The van der Waals surface area contributed by atoms with E-state index in [1.165, 1.54) is 6.08 Å². The summed E-state index contributed by atoms with van der Waals surface area (Å²) in [7, 11) is 0. The van der Waals surface area contributed by atoms with Gasteiger partial charge in [-0.25, -0.2) is 4.79 Å². The van der Waals surface area contributed by atoms with Gasteiger partial charge in [0.15, 0.2) is 5.75 Å². The molecule has 0 heterocycles. The lowest BCUT2D eigenvalue weighted by atomic mass is 10.2. The number of hydrogen-bond acceptors (Lipinski definition) is 4. The SMILES string of the molecule is C=CCOC(=O)c1ccccc1ON. The minimum absolute atomic E-state index is 0.164. The number of hydrogen-bond donors (Lipinski definition) is 1. The summed E-state index contributed by atoms with van der Waals surface area (Å²) in [6.45, 7) is 3.60. The maximum Gasteiger partial charge on any atom is 0.342 e. The highest BCUT2D eigenvalue weighted by Gasteiger charge is 2.12. The molecule has 0 aliphatic carbocycles. The number of rotatable bonds is 4. The number of ether oxygens (including phenoxy) is 1. The van der Waals surface area contributed by atoms with Gasteiger partial charge < -0.3 is 9.57 Å². The molecule has 0 radical (unpaired) electrons. The second kappa shape index (κ2) is 5.04. The summed E-state index contributed by atoms with van der Waals surface area (Å²) in [5.41, 5.74) is 0.303. The first-order valence-corrected chi connectivity index (χ1v) is 4.03. The van der Waals surface area contributed by atoms with E-state index in [9.17, 15) is 4.79 Å². The molecule has 0 saturated heterocycles. The van der Waals surface area contributed by atoms with Crippen molar-refractivity contribution in [2.45, 2.75) is 0 Å². The van der Waals surface area contributed by atoms with Gasteiger partial charge in [-0.2, -0.15) is 5.90 Å². The van der Waals surface area contributed by atoms with Crippen molar-refractivity contribution in [2.75, 3.05) is 6.61 Å². The average Bonchev–Trinajstić information content (AvgIpc) is 2.25. The van der Waals surface area contributed by atoms with E-state index in [0.29, 0.717) is 11.3 Å². The Morgan fingerprint density at radius 2 is 2.21 bits per heavy atom. The van der Waals surface area contributed by atoms with Crippen molar-refractivity contribution in [2.24, 2.45) is 5.90 Å². The van der Waals surface area contributed by atoms with Gasteiger partial charge in [0.05, 0.1) is 0 Å². The predicted octanol–water partition coefficient (Wildman–Crippen LogP) is 1.28. The van der Waals surface area contributed by atoms with Crippen LogP contribution in [-0.4, -0.2) is 12.6 Å². The normalized spacial score (nSPS) is 9.21. The van der Waals surface area contributed by atoms with Gasteiger partial charge in [-0.3, -0.25) is 0 Å². The van der Waals surface area contributed by atoms with Crippen LogP contribution in [0.1, 0.15) is 10.4 Å². The molecule has 0 aliphatic rings. The maximum atomic E-state index is 11.4. The highest BCUT2D eigenvalue weighted by molar-refractivity contribution is 5.92. The summed E-state index contributed by atoms with van der Waals surface area (Å²) in [4.78, 5) is 15.9. The number of carbonyl (C=O) groups is 1. The van der Waals surface area contributed by atoms with Crippen molar-refractivity contribution < 1.29 is 14.4 Å². The average molecular weight is 193 g/mol. The van der Waals surface area contributed by atoms with E-state index < -0.39 is 5.97 Å². The number of para-hydroxylation sites is 1. The van der Waals surface area contributed by atoms with E-state index in [0.717, 1.165) is 0 Å². The summed E-state index contributed by atoms with van der Waals surface area (Å²) in [6.07, 6.45) is 1.49. The summed E-state index contributed by atoms with van der Waals surface area (Å²) < 4.78 is 4.83. The van der Waals surface area contributed by atoms with E-state index in [-0.39, 0.29) is 6.61 Å². The molecule has 0 fully saturated rings. The molecule has 14 heavy (non-hydrogen) atoms. The van der Waals surface area contributed by atoms with Gasteiger partial charge in [0.25, 0.3) is 0 Å². The van der Waals surface area contributed by atoms with Gasteiger partial charge in [0.2, 0.25) is 0 Å². The zero-order valence-electron chi connectivity index (χ0n) is 7.60. The first kappa shape index (κ1) is 10.3. The van der Waals surface area contributed by atoms with E-state index in [1.807, 2.05) is 0 Å². The van der Waals surface area contributed by atoms with Gasteiger partial charge in [-0.1, -0.05) is 24.8 Å². The Morgan fingerprint density at radius 3 is 2.86 bits per heavy atom. The first-order chi connectivity index (χ1) is 6.79. The fourth-order valence-corrected chi connectivity index (χ4v) is 0.950. The van der Waals surface area contributed by atoms with Crippen LogP contribution in [0.25, 0.3) is 0 Å². The molecule has 0 bridgehead atoms. The topological polar surface area (TPSA) is 61.5 Å². The molecule has 0 aliphatic heterocycles. The lowest BCUT2D eigenvalue weighted by molar-refractivity contribution is 0.0545. The molecule has 0 amide bonds. The van der Waals surface area contributed by atoms with Gasteiger partial charge in [-0.15, -0.1) is 0 Å². The van der Waals surface area contributed by atoms with Crippen molar-refractivity contribution >= 4 is 5.97 Å². The number of esters is 1. The molecule has 0 atom stereocenters. The Balaban J connectivity index is 2.82. The predicted molar refractivity (Wildman–Crippen MR) is 51.7 cm³/mol. The minimum atomic E-state index is -0.481. The Morgan fingerprint density at radius 1 is 1.50 bits per heavy atom. The molecule has 0 unspecified atom stereocenters. The summed E-state index contributed by atoms with van der Waals surface area (Å²) in [5, 5.41) is 0. The van der Waals surface area contributed by atoms with Crippen LogP contribution in [0.2, 0.25) is 0 Å². The molecule has 0 spiro atoms. The van der Waals surface area contributed by atoms with Crippen molar-refractivity contribution in [3.63, 3.8) is 0 Å². The van der Waals surface area contributed by atoms with Gasteiger partial charge >= 0.3 is 5.97 Å². The quantitative estimate of drug-likeness (QED) is 0.444. The fourth-order valence-electron chi connectivity index (χ4n) is 0.950. The number of benzene rings is 1. The Bertz CT molecular complexity index is 336. The maximum absolute atomic E-state index is 11.4. The Labute approximate surface area is 81.9 Å². The van der Waals surface area contributed by atoms with Crippen molar-refractivity contribution in [3.8, 4) is 5.75 Å². The first-order valence-electron chi connectivity index (χ1n) is 4.03. The highest BCUT2D eigenvalue weighted by atomic mass is 16.6. The van der Waals surface area contributed by atoms with Crippen LogP contribution < -0.4 is 10.7 Å². The molecule has 74 valence electrons. The smallest absolute Gasteiger partial charge is 0.342 e. The molecule has 1 rings (SSSR count). The third-order valence-corrected chi connectivity index (χ3v) is 1.57. The molecule has 0 aromatic heterocycles. The highest BCUT2D eigenvalue weighted by Crippen LogP contribution is 2.17. The zero-order chi connectivity index (χ0) is 10.4. The summed E-state index contributed by atoms with van der Waals surface area (Å²) in [5.74, 6) is 4.80. The van der Waals surface area contributed by atoms with Crippen LogP contribution in [0, 0.1) is 0 Å². The van der Waals surface area contributed by atoms with Gasteiger partial charge in [0, 0.05) is 0 Å². The fraction of sp³-hybridized carbons (Fsp3) is 0.100. The number of carbonyl (C=O) groups excluding carboxylic acids is 1. The monoisotopic (exact) mass is 193 g/mol. The zero-order valence-corrected chi connectivity index (χ0v) is 7.60. The van der Waals surface area contributed by atoms with Gasteiger partial charge in [-0.05, 0) is 12.1 Å². The third kappa shape index (κ3) is 2.34. The molecular formula is C10H11NO3. The van der Waals surface area contributed by atoms with Crippen molar-refractivity contribution in [1.29, 1.82) is 0 Å². The van der Waals surface area contributed by atoms with E-state index in [1.54, 1.807) is 24.3 Å². The summed E-state index contributed by atoms with van der Waals surface area (Å²) in [6, 6.07) is 6.58. The van der Waals surface area contributed by atoms with Crippen LogP contribution in [0.15, 0.2) is 36.9 Å². The Hall–Kier alpha value is -1.81. The van der Waals surface area contributed by atoms with Crippen LogP contribution in [0.4, 0.5) is 0 Å². The Kier molecular flexibility index (Phi) is 3.69. The lowest BCUT2D eigenvalue weighted by Gasteiger charge is -2.05. The van der Waals surface area contributed by atoms with E-state index in [2.05, 4.69) is 11.4 Å². The molecule has 4 heteroatoms. The van der Waals surface area contributed by atoms with Crippen LogP contribution in [-0.2, 0) is 4.74 Å². The molecule has 0 saturated carbocycles. The summed E-state index contributed by atoms with van der Waals surface area (Å²) >= 11 is 0. The molecule has 4 nitrogen and oxygen atoms in total. The van der Waals surface area contributed by atoms with E-state index in [4.69, 9.17) is 10.6 Å². The van der Waals surface area contributed by atoms with Gasteiger partial charge in [0.1, 0.15) is 12.2 Å². The molecule has 1 aromatic rings. The standard InChI is InChI=1S/C10H11NO3/c1-2-7-13-10(12)8-5-3-4-6-9(8)14-11/h2-6H,1,7,11H2. The third-order valence-electron chi connectivity index (χ3n) is 1.57. The van der Waals surface area contributed by atoms with Crippen molar-refractivity contribution in [1.82, 2.24) is 0 Å². The number of nitrogens with two attached hydrogens (primary N) is 1. The largest absolute Gasteiger partial charge is 0.458 e. The second-order valence-electron chi connectivity index (χ2n) is 2.50. The van der Waals surface area contributed by atoms with Crippen LogP contribution in [0.3, 0.4) is 0 Å².